The van der Waals surface area contributed by atoms with Gasteiger partial charge in [0, 0.05) is 27.6 Å². The fraction of sp³-hybridized carbons (Fsp3) is 0.122. The van der Waals surface area contributed by atoms with Crippen LogP contribution in [-0.4, -0.2) is 13.0 Å². The highest BCUT2D eigenvalue weighted by Crippen LogP contribution is 2.60. The average Bonchev–Trinajstić information content (AvgIpc) is 3.39. The first-order valence-corrected chi connectivity index (χ1v) is 17.1. The van der Waals surface area contributed by atoms with E-state index in [0.29, 0.717) is 9.79 Å². The molecule has 1 aromatic heterocycles. The molecular weight excluding hydrogens is 587 g/mol. The molecule has 0 N–H and O–H groups in total. The van der Waals surface area contributed by atoms with Crippen molar-refractivity contribution in [1.29, 1.82) is 0 Å². The van der Waals surface area contributed by atoms with Gasteiger partial charge in [-0.2, -0.15) is 0 Å². The van der Waals surface area contributed by atoms with Crippen LogP contribution >= 0.6 is 0 Å². The monoisotopic (exact) mass is 617 g/mol. The molecule has 46 heavy (non-hydrogen) atoms. The summed E-state index contributed by atoms with van der Waals surface area (Å²) in [4.78, 5) is 0.658. The van der Waals surface area contributed by atoms with Crippen LogP contribution in [0.4, 0.5) is 0 Å². The van der Waals surface area contributed by atoms with Gasteiger partial charge in [0.1, 0.15) is 11.5 Å². The van der Waals surface area contributed by atoms with Gasteiger partial charge in [-0.25, -0.2) is 8.42 Å². The molecule has 0 unspecified atom stereocenters. The number of para-hydroxylation sites is 3. The molecule has 0 aliphatic carbocycles. The Bertz CT molecular complexity index is 2450. The third-order valence-corrected chi connectivity index (χ3v) is 11.7. The number of sulfone groups is 1. The zero-order chi connectivity index (χ0) is 31.4. The van der Waals surface area contributed by atoms with Crippen molar-refractivity contribution < 1.29 is 13.2 Å². The lowest BCUT2D eigenvalue weighted by Crippen LogP contribution is -2.39. The lowest BCUT2D eigenvalue weighted by atomic mass is 9.63. The summed E-state index contributed by atoms with van der Waals surface area (Å²) >= 11 is 0. The van der Waals surface area contributed by atoms with Crippen molar-refractivity contribution in [3.63, 3.8) is 0 Å². The van der Waals surface area contributed by atoms with Crippen molar-refractivity contribution in [2.24, 2.45) is 0 Å². The van der Waals surface area contributed by atoms with Gasteiger partial charge in [0.25, 0.3) is 0 Å². The summed E-state index contributed by atoms with van der Waals surface area (Å²) in [6.07, 6.45) is 0. The second-order valence-corrected chi connectivity index (χ2v) is 15.2. The van der Waals surface area contributed by atoms with Crippen LogP contribution in [0.1, 0.15) is 48.6 Å². The zero-order valence-electron chi connectivity index (χ0n) is 25.8. The molecule has 0 atom stereocenters. The molecule has 4 nitrogen and oxygen atoms in total. The molecular formula is C41H31NO3S. The van der Waals surface area contributed by atoms with Crippen LogP contribution in [0.3, 0.4) is 0 Å². The number of hydrogen-bond acceptors (Lipinski definition) is 3. The molecule has 0 amide bonds. The number of nitrogens with zero attached hydrogens (tertiary/aromatic N) is 1. The van der Waals surface area contributed by atoms with Gasteiger partial charge in [-0.1, -0.05) is 106 Å². The number of rotatable bonds is 1. The van der Waals surface area contributed by atoms with Crippen molar-refractivity contribution in [3.05, 3.63) is 161 Å². The third kappa shape index (κ3) is 3.46. The first-order valence-electron chi connectivity index (χ1n) is 15.6. The SMILES string of the molecule is CC(C)(C)c1ccc(-n2c3ccccc3c3cc4c(cc32)C2(c3ccccc3Oc3ccccc32)c2ccccc2S4(=O)=O)cc1. The first kappa shape index (κ1) is 27.2. The van der Waals surface area contributed by atoms with Crippen LogP contribution in [0.15, 0.2) is 143 Å². The van der Waals surface area contributed by atoms with Crippen molar-refractivity contribution in [3.8, 4) is 17.2 Å². The highest BCUT2D eigenvalue weighted by molar-refractivity contribution is 7.91. The van der Waals surface area contributed by atoms with Gasteiger partial charge in [0.2, 0.25) is 9.84 Å². The average molecular weight is 618 g/mol. The first-order chi connectivity index (χ1) is 22.2. The molecule has 0 saturated heterocycles. The number of hydrogen-bond donors (Lipinski definition) is 0. The maximum Gasteiger partial charge on any atom is 0.207 e. The Balaban J connectivity index is 1.47. The van der Waals surface area contributed by atoms with Gasteiger partial charge in [0.15, 0.2) is 0 Å². The Morgan fingerprint density at radius 2 is 1.15 bits per heavy atom. The van der Waals surface area contributed by atoms with Crippen molar-refractivity contribution in [2.45, 2.75) is 41.4 Å². The van der Waals surface area contributed by atoms with E-state index in [1.165, 1.54) is 5.56 Å². The Labute approximate surface area is 268 Å². The molecule has 0 radical (unpaired) electrons. The summed E-state index contributed by atoms with van der Waals surface area (Å²) in [5.74, 6) is 1.44. The molecule has 2 aliphatic rings. The second kappa shape index (κ2) is 9.21. The Hall–Kier alpha value is -5.13. The largest absolute Gasteiger partial charge is 0.457 e. The highest BCUT2D eigenvalue weighted by Gasteiger charge is 2.53. The standard InChI is InChI=1S/C41H31NO3S/c1-40(2,3)26-20-22-27(23-21-26)42-34-16-8-4-12-28(34)29-24-39-33(25-35(29)42)41(32-15-7-11-19-38(32)46(39,43)44)30-13-5-9-17-36(30)45-37-18-10-6-14-31(37)41/h4-25H,1-3H3. The Morgan fingerprint density at radius 1 is 0.565 bits per heavy atom. The molecule has 6 aromatic carbocycles. The van der Waals surface area contributed by atoms with Gasteiger partial charge in [-0.05, 0) is 70.6 Å². The van der Waals surface area contributed by atoms with E-state index in [1.54, 1.807) is 6.07 Å². The lowest BCUT2D eigenvalue weighted by molar-refractivity contribution is 0.429. The molecule has 1 spiro atoms. The van der Waals surface area contributed by atoms with Crippen molar-refractivity contribution in [2.75, 3.05) is 0 Å². The third-order valence-electron chi connectivity index (χ3n) is 9.84. The maximum atomic E-state index is 14.7. The Kier molecular flexibility index (Phi) is 5.45. The topological polar surface area (TPSA) is 48.3 Å². The number of fused-ring (bicyclic) bond motifs is 11. The number of ether oxygens (including phenoxy) is 1. The smallest absolute Gasteiger partial charge is 0.207 e. The zero-order valence-corrected chi connectivity index (χ0v) is 26.6. The fourth-order valence-corrected chi connectivity index (χ4v) is 9.53. The van der Waals surface area contributed by atoms with Crippen LogP contribution in [0.2, 0.25) is 0 Å². The van der Waals surface area contributed by atoms with Crippen LogP contribution in [0.5, 0.6) is 11.5 Å². The van der Waals surface area contributed by atoms with Gasteiger partial charge >= 0.3 is 0 Å². The number of benzene rings is 6. The van der Waals surface area contributed by atoms with E-state index in [2.05, 4.69) is 79.9 Å². The minimum atomic E-state index is -3.87. The van der Waals surface area contributed by atoms with Crippen LogP contribution < -0.4 is 4.74 Å². The fourth-order valence-electron chi connectivity index (χ4n) is 7.75. The maximum absolute atomic E-state index is 14.7. The predicted octanol–water partition coefficient (Wildman–Crippen LogP) is 9.72. The number of aromatic nitrogens is 1. The summed E-state index contributed by atoms with van der Waals surface area (Å²) in [5, 5.41) is 1.91. The van der Waals surface area contributed by atoms with E-state index in [9.17, 15) is 8.42 Å². The Morgan fingerprint density at radius 3 is 1.83 bits per heavy atom. The molecule has 9 rings (SSSR count). The van der Waals surface area contributed by atoms with E-state index in [1.807, 2.05) is 72.8 Å². The van der Waals surface area contributed by atoms with E-state index in [4.69, 9.17) is 4.74 Å². The molecule has 5 heteroatoms. The molecule has 3 heterocycles. The normalized spacial score (nSPS) is 15.5. The van der Waals surface area contributed by atoms with Crippen LogP contribution in [0.25, 0.3) is 27.5 Å². The van der Waals surface area contributed by atoms with E-state index < -0.39 is 15.3 Å². The predicted molar refractivity (Wildman–Crippen MR) is 183 cm³/mol. The van der Waals surface area contributed by atoms with Crippen molar-refractivity contribution in [1.82, 2.24) is 4.57 Å². The lowest BCUT2D eigenvalue weighted by Gasteiger charge is -2.45. The molecule has 224 valence electrons. The molecule has 0 saturated carbocycles. The van der Waals surface area contributed by atoms with Gasteiger partial charge < -0.3 is 9.30 Å². The molecule has 7 aromatic rings. The summed E-state index contributed by atoms with van der Waals surface area (Å²) in [5.41, 5.74) is 6.69. The highest BCUT2D eigenvalue weighted by atomic mass is 32.2. The van der Waals surface area contributed by atoms with Gasteiger partial charge in [-0.3, -0.25) is 0 Å². The van der Waals surface area contributed by atoms with E-state index >= 15 is 0 Å². The quantitative estimate of drug-likeness (QED) is 0.184. The minimum absolute atomic E-state index is 0.0242. The van der Waals surface area contributed by atoms with Gasteiger partial charge in [-0.15, -0.1) is 0 Å². The van der Waals surface area contributed by atoms with E-state index in [-0.39, 0.29) is 5.41 Å². The van der Waals surface area contributed by atoms with Crippen LogP contribution in [-0.2, 0) is 20.7 Å². The summed E-state index contributed by atoms with van der Waals surface area (Å²) in [6.45, 7) is 6.65. The van der Waals surface area contributed by atoms with Gasteiger partial charge in [0.05, 0.1) is 26.2 Å². The van der Waals surface area contributed by atoms with Crippen molar-refractivity contribution >= 4 is 31.6 Å². The van der Waals surface area contributed by atoms with Crippen LogP contribution in [0, 0.1) is 0 Å². The molecule has 2 aliphatic heterocycles. The second-order valence-electron chi connectivity index (χ2n) is 13.4. The van der Waals surface area contributed by atoms with E-state index in [0.717, 1.165) is 61.2 Å². The summed E-state index contributed by atoms with van der Waals surface area (Å²) in [6, 6.07) is 44.6. The summed E-state index contributed by atoms with van der Waals surface area (Å²) in [7, 11) is -3.87. The summed E-state index contributed by atoms with van der Waals surface area (Å²) < 4.78 is 38.2. The molecule has 0 bridgehead atoms. The molecule has 0 fully saturated rings. The minimum Gasteiger partial charge on any atom is -0.457 e.